The van der Waals surface area contributed by atoms with Crippen molar-refractivity contribution >= 4 is 23.4 Å². The van der Waals surface area contributed by atoms with Gasteiger partial charge in [-0.05, 0) is 25.1 Å². The quantitative estimate of drug-likeness (QED) is 0.823. The van der Waals surface area contributed by atoms with Gasteiger partial charge in [-0.1, -0.05) is 18.5 Å². The van der Waals surface area contributed by atoms with Crippen LogP contribution in [0.5, 0.6) is 5.75 Å². The number of carbonyl (C=O) groups excluding carboxylic acids is 1. The van der Waals surface area contributed by atoms with Gasteiger partial charge < -0.3 is 9.84 Å². The van der Waals surface area contributed by atoms with E-state index in [0.717, 1.165) is 0 Å². The lowest BCUT2D eigenvalue weighted by Crippen LogP contribution is -2.23. The average Bonchev–Trinajstić information content (AvgIpc) is 2.30. The molecule has 0 aliphatic rings. The summed E-state index contributed by atoms with van der Waals surface area (Å²) in [5.74, 6) is -0.839. The molecule has 0 heterocycles. The minimum Gasteiger partial charge on any atom is -0.479 e. The fourth-order valence-electron chi connectivity index (χ4n) is 1.21. The zero-order valence-electron chi connectivity index (χ0n) is 9.57. The summed E-state index contributed by atoms with van der Waals surface area (Å²) in [5.41, 5.74) is 0.493. The molecule has 1 aromatic carbocycles. The van der Waals surface area contributed by atoms with E-state index >= 15 is 0 Å². The highest BCUT2D eigenvalue weighted by Crippen LogP contribution is 2.26. The predicted molar refractivity (Wildman–Crippen MR) is 63.8 cm³/mol. The van der Waals surface area contributed by atoms with Gasteiger partial charge in [-0.3, -0.25) is 4.79 Å². The molecule has 0 radical (unpaired) electrons. The summed E-state index contributed by atoms with van der Waals surface area (Å²) in [4.78, 5) is 22.0. The third-order valence-electron chi connectivity index (χ3n) is 2.23. The third kappa shape index (κ3) is 3.46. The van der Waals surface area contributed by atoms with Crippen LogP contribution < -0.4 is 4.74 Å². The molecule has 0 amide bonds. The van der Waals surface area contributed by atoms with Crippen LogP contribution in [0.4, 0.5) is 0 Å². The number of carbonyl (C=O) groups is 2. The zero-order valence-corrected chi connectivity index (χ0v) is 10.3. The molecular formula is C12H13ClO4. The number of ketones is 1. The number of rotatable bonds is 5. The Hall–Kier alpha value is -1.55. The fourth-order valence-corrected chi connectivity index (χ4v) is 1.44. The summed E-state index contributed by atoms with van der Waals surface area (Å²) in [6.07, 6.45) is -0.595. The second-order valence-corrected chi connectivity index (χ2v) is 3.93. The van der Waals surface area contributed by atoms with Gasteiger partial charge in [-0.15, -0.1) is 0 Å². The van der Waals surface area contributed by atoms with Gasteiger partial charge >= 0.3 is 5.97 Å². The van der Waals surface area contributed by atoms with Crippen LogP contribution >= 0.6 is 11.6 Å². The van der Waals surface area contributed by atoms with Gasteiger partial charge in [0, 0.05) is 12.0 Å². The van der Waals surface area contributed by atoms with E-state index in [9.17, 15) is 9.59 Å². The molecule has 1 rings (SSSR count). The van der Waals surface area contributed by atoms with Gasteiger partial charge in [0.1, 0.15) is 5.75 Å². The molecule has 0 bridgehead atoms. The maximum atomic E-state index is 11.4. The number of halogens is 1. The van der Waals surface area contributed by atoms with Gasteiger partial charge in [-0.25, -0.2) is 4.79 Å². The largest absolute Gasteiger partial charge is 0.479 e. The standard InChI is InChI=1S/C12H13ClO4/c1-3-10(14)8-4-5-11(9(13)6-8)17-7(2)12(15)16/h4-7H,3H2,1-2H3,(H,15,16). The molecule has 0 aromatic heterocycles. The third-order valence-corrected chi connectivity index (χ3v) is 2.52. The summed E-state index contributed by atoms with van der Waals surface area (Å²) in [6.45, 7) is 3.16. The molecule has 0 fully saturated rings. The number of Topliss-reactive ketones (excluding diaryl/α,β-unsaturated/α-hetero) is 1. The van der Waals surface area contributed by atoms with Crippen molar-refractivity contribution in [2.45, 2.75) is 26.4 Å². The lowest BCUT2D eigenvalue weighted by molar-refractivity contribution is -0.144. The van der Waals surface area contributed by atoms with Crippen molar-refractivity contribution < 1.29 is 19.4 Å². The Kier molecular flexibility index (Phi) is 4.52. The van der Waals surface area contributed by atoms with Crippen molar-refractivity contribution in [1.29, 1.82) is 0 Å². The molecule has 1 atom stereocenters. The van der Waals surface area contributed by atoms with Crippen LogP contribution in [0.2, 0.25) is 5.02 Å². The lowest BCUT2D eigenvalue weighted by atomic mass is 10.1. The first kappa shape index (κ1) is 13.5. The van der Waals surface area contributed by atoms with E-state index in [2.05, 4.69) is 0 Å². The molecule has 0 aliphatic carbocycles. The Labute approximate surface area is 104 Å². The summed E-state index contributed by atoms with van der Waals surface area (Å²) >= 11 is 5.91. The van der Waals surface area contributed by atoms with Crippen molar-refractivity contribution in [3.05, 3.63) is 28.8 Å². The smallest absolute Gasteiger partial charge is 0.344 e. The number of carboxylic acid groups (broad SMARTS) is 1. The second kappa shape index (κ2) is 5.68. The van der Waals surface area contributed by atoms with E-state index in [1.807, 2.05) is 0 Å². The first-order chi connectivity index (χ1) is 7.95. The maximum absolute atomic E-state index is 11.4. The Morgan fingerprint density at radius 1 is 1.47 bits per heavy atom. The molecule has 17 heavy (non-hydrogen) atoms. The van der Waals surface area contributed by atoms with Crippen LogP contribution in [0.25, 0.3) is 0 Å². The van der Waals surface area contributed by atoms with Crippen LogP contribution in [-0.2, 0) is 4.79 Å². The first-order valence-electron chi connectivity index (χ1n) is 5.18. The topological polar surface area (TPSA) is 63.6 Å². The van der Waals surface area contributed by atoms with Crippen molar-refractivity contribution in [3.8, 4) is 5.75 Å². The van der Waals surface area contributed by atoms with Gasteiger partial charge in [-0.2, -0.15) is 0 Å². The molecule has 0 saturated carbocycles. The number of ether oxygens (including phenoxy) is 1. The lowest BCUT2D eigenvalue weighted by Gasteiger charge is -2.12. The van der Waals surface area contributed by atoms with Gasteiger partial charge in [0.15, 0.2) is 11.9 Å². The van der Waals surface area contributed by atoms with Crippen LogP contribution in [0, 0.1) is 0 Å². The highest BCUT2D eigenvalue weighted by Gasteiger charge is 2.15. The van der Waals surface area contributed by atoms with Crippen LogP contribution in [0.1, 0.15) is 30.6 Å². The number of benzene rings is 1. The maximum Gasteiger partial charge on any atom is 0.344 e. The highest BCUT2D eigenvalue weighted by atomic mass is 35.5. The van der Waals surface area contributed by atoms with E-state index in [-0.39, 0.29) is 16.6 Å². The number of hydrogen-bond acceptors (Lipinski definition) is 3. The van der Waals surface area contributed by atoms with E-state index in [1.54, 1.807) is 13.0 Å². The van der Waals surface area contributed by atoms with Crippen LogP contribution in [-0.4, -0.2) is 23.0 Å². The normalized spacial score (nSPS) is 11.9. The van der Waals surface area contributed by atoms with Gasteiger partial charge in [0.25, 0.3) is 0 Å². The molecule has 0 spiro atoms. The van der Waals surface area contributed by atoms with E-state index in [1.165, 1.54) is 19.1 Å². The van der Waals surface area contributed by atoms with Crippen LogP contribution in [0.15, 0.2) is 18.2 Å². The van der Waals surface area contributed by atoms with Gasteiger partial charge in [0.05, 0.1) is 5.02 Å². The minimum atomic E-state index is -1.07. The Morgan fingerprint density at radius 3 is 2.59 bits per heavy atom. The molecule has 1 aromatic rings. The van der Waals surface area contributed by atoms with Crippen molar-refractivity contribution in [2.24, 2.45) is 0 Å². The average molecular weight is 257 g/mol. The first-order valence-corrected chi connectivity index (χ1v) is 5.55. The molecule has 0 saturated heterocycles. The van der Waals surface area contributed by atoms with Crippen molar-refractivity contribution in [1.82, 2.24) is 0 Å². The second-order valence-electron chi connectivity index (χ2n) is 3.52. The van der Waals surface area contributed by atoms with Crippen molar-refractivity contribution in [3.63, 3.8) is 0 Å². The molecule has 1 unspecified atom stereocenters. The Balaban J connectivity index is 2.90. The predicted octanol–water partition coefficient (Wildman–Crippen LogP) is 2.78. The summed E-state index contributed by atoms with van der Waals surface area (Å²) in [7, 11) is 0. The number of carboxylic acids is 1. The highest BCUT2D eigenvalue weighted by molar-refractivity contribution is 6.32. The minimum absolute atomic E-state index is 0.0234. The molecule has 1 N–H and O–H groups in total. The van der Waals surface area contributed by atoms with Gasteiger partial charge in [0.2, 0.25) is 0 Å². The number of hydrogen-bond donors (Lipinski definition) is 1. The Bertz CT molecular complexity index is 442. The number of aliphatic carboxylic acids is 1. The molecule has 5 heteroatoms. The summed E-state index contributed by atoms with van der Waals surface area (Å²) in [6, 6.07) is 4.56. The fraction of sp³-hybridized carbons (Fsp3) is 0.333. The summed E-state index contributed by atoms with van der Waals surface area (Å²) in [5, 5.41) is 8.93. The van der Waals surface area contributed by atoms with Crippen molar-refractivity contribution in [2.75, 3.05) is 0 Å². The summed E-state index contributed by atoms with van der Waals surface area (Å²) < 4.78 is 5.13. The molecule has 4 nitrogen and oxygen atoms in total. The molecule has 92 valence electrons. The Morgan fingerprint density at radius 2 is 2.12 bits per heavy atom. The van der Waals surface area contributed by atoms with E-state index < -0.39 is 12.1 Å². The monoisotopic (exact) mass is 256 g/mol. The molecular weight excluding hydrogens is 244 g/mol. The SMILES string of the molecule is CCC(=O)c1ccc(OC(C)C(=O)O)c(Cl)c1. The molecule has 0 aliphatic heterocycles. The zero-order chi connectivity index (χ0) is 13.0. The van der Waals surface area contributed by atoms with E-state index in [4.69, 9.17) is 21.4 Å². The van der Waals surface area contributed by atoms with Crippen LogP contribution in [0.3, 0.4) is 0 Å². The van der Waals surface area contributed by atoms with E-state index in [0.29, 0.717) is 12.0 Å².